The van der Waals surface area contributed by atoms with E-state index in [0.717, 1.165) is 12.1 Å². The Balaban J connectivity index is 2.91. The molecule has 0 bridgehead atoms. The summed E-state index contributed by atoms with van der Waals surface area (Å²) in [7, 11) is -3.70. The van der Waals surface area contributed by atoms with Gasteiger partial charge in [-0.05, 0) is 24.6 Å². The Morgan fingerprint density at radius 2 is 2.12 bits per heavy atom. The second-order valence-electron chi connectivity index (χ2n) is 3.49. The van der Waals surface area contributed by atoms with Crippen LogP contribution in [0.5, 0.6) is 0 Å². The maximum Gasteiger partial charge on any atom is 0.267 e. The van der Waals surface area contributed by atoms with Gasteiger partial charge in [-0.25, -0.2) is 17.5 Å². The van der Waals surface area contributed by atoms with E-state index in [1.54, 1.807) is 11.6 Å². The molecule has 1 amide bonds. The summed E-state index contributed by atoms with van der Waals surface area (Å²) in [5, 5.41) is 0. The summed E-state index contributed by atoms with van der Waals surface area (Å²) in [6.45, 7) is 1.66. The topological polar surface area (TPSA) is 89.3 Å². The van der Waals surface area contributed by atoms with Crippen LogP contribution in [0.2, 0.25) is 0 Å². The molecule has 0 unspecified atom stereocenters. The van der Waals surface area contributed by atoms with Crippen molar-refractivity contribution in [1.82, 2.24) is 4.72 Å². The molecule has 1 rings (SSSR count). The fraction of sp³-hybridized carbons (Fsp3) is 0.300. The van der Waals surface area contributed by atoms with Crippen molar-refractivity contribution in [2.75, 3.05) is 11.5 Å². The highest BCUT2D eigenvalue weighted by molar-refractivity contribution is 7.90. The highest BCUT2D eigenvalue weighted by atomic mass is 32.2. The number of nitrogens with two attached hydrogens (primary N) is 1. The molecule has 0 fully saturated rings. The molecule has 3 N–H and O–H groups in total. The molecule has 0 aromatic heterocycles. The van der Waals surface area contributed by atoms with Crippen LogP contribution in [0, 0.1) is 5.82 Å². The highest BCUT2D eigenvalue weighted by Gasteiger charge is 2.18. The first-order chi connectivity index (χ1) is 7.85. The summed E-state index contributed by atoms with van der Waals surface area (Å²) in [5.74, 6) is -2.03. The lowest BCUT2D eigenvalue weighted by atomic mass is 10.2. The van der Waals surface area contributed by atoms with Crippen LogP contribution < -0.4 is 10.5 Å². The van der Waals surface area contributed by atoms with Crippen LogP contribution >= 0.6 is 0 Å². The Labute approximate surface area is 98.9 Å². The lowest BCUT2D eigenvalue weighted by Gasteiger charge is -2.06. The van der Waals surface area contributed by atoms with Gasteiger partial charge in [0.2, 0.25) is 10.0 Å². The van der Waals surface area contributed by atoms with Crippen molar-refractivity contribution in [2.24, 2.45) is 0 Å². The molecule has 0 spiro atoms. The summed E-state index contributed by atoms with van der Waals surface area (Å²) < 4.78 is 37.7. The van der Waals surface area contributed by atoms with Gasteiger partial charge in [-0.15, -0.1) is 0 Å². The Morgan fingerprint density at radius 3 is 2.65 bits per heavy atom. The third-order valence-electron chi connectivity index (χ3n) is 1.96. The zero-order chi connectivity index (χ0) is 13.1. The van der Waals surface area contributed by atoms with Crippen molar-refractivity contribution in [3.63, 3.8) is 0 Å². The van der Waals surface area contributed by atoms with Gasteiger partial charge in [0.25, 0.3) is 5.91 Å². The molecule has 0 saturated carbocycles. The fourth-order valence-corrected chi connectivity index (χ4v) is 2.26. The van der Waals surface area contributed by atoms with Crippen molar-refractivity contribution in [3.05, 3.63) is 29.6 Å². The molecule has 0 aliphatic carbocycles. The van der Waals surface area contributed by atoms with Gasteiger partial charge in [0, 0.05) is 5.69 Å². The van der Waals surface area contributed by atoms with Crippen molar-refractivity contribution in [3.8, 4) is 0 Å². The number of carbonyl (C=O) groups excluding carboxylic acids is 1. The van der Waals surface area contributed by atoms with E-state index >= 15 is 0 Å². The number of rotatable bonds is 4. The van der Waals surface area contributed by atoms with E-state index in [0.29, 0.717) is 6.42 Å². The molecule has 94 valence electrons. The average molecular weight is 260 g/mol. The number of hydrogen-bond acceptors (Lipinski definition) is 4. The number of benzene rings is 1. The van der Waals surface area contributed by atoms with Crippen LogP contribution in [-0.2, 0) is 10.0 Å². The van der Waals surface area contributed by atoms with E-state index in [2.05, 4.69) is 0 Å². The lowest BCUT2D eigenvalue weighted by Crippen LogP contribution is -2.32. The van der Waals surface area contributed by atoms with Gasteiger partial charge in [0.05, 0.1) is 11.3 Å². The van der Waals surface area contributed by atoms with Crippen molar-refractivity contribution < 1.29 is 17.6 Å². The molecule has 17 heavy (non-hydrogen) atoms. The molecule has 1 aromatic carbocycles. The molecular formula is C10H13FN2O3S. The van der Waals surface area contributed by atoms with Crippen LogP contribution in [0.25, 0.3) is 0 Å². The van der Waals surface area contributed by atoms with Gasteiger partial charge < -0.3 is 5.73 Å². The predicted molar refractivity (Wildman–Crippen MR) is 62.4 cm³/mol. The zero-order valence-electron chi connectivity index (χ0n) is 9.23. The predicted octanol–water partition coefficient (Wildman–Crippen LogP) is 0.877. The maximum atomic E-state index is 13.3. The Morgan fingerprint density at radius 1 is 1.47 bits per heavy atom. The number of sulfonamides is 1. The minimum Gasteiger partial charge on any atom is -0.399 e. The molecule has 0 radical (unpaired) electrons. The number of hydrogen-bond donors (Lipinski definition) is 2. The van der Waals surface area contributed by atoms with E-state index in [1.807, 2.05) is 0 Å². The normalized spacial score (nSPS) is 11.2. The van der Waals surface area contributed by atoms with Crippen molar-refractivity contribution in [2.45, 2.75) is 13.3 Å². The number of nitrogens with one attached hydrogen (secondary N) is 1. The lowest BCUT2D eigenvalue weighted by molar-refractivity contribution is 0.0977. The molecular weight excluding hydrogens is 247 g/mol. The van der Waals surface area contributed by atoms with Crippen molar-refractivity contribution in [1.29, 1.82) is 0 Å². The second-order valence-corrected chi connectivity index (χ2v) is 5.33. The third-order valence-corrected chi connectivity index (χ3v) is 3.40. The number of carbonyl (C=O) groups is 1. The zero-order valence-corrected chi connectivity index (χ0v) is 10.1. The van der Waals surface area contributed by atoms with Crippen LogP contribution in [-0.4, -0.2) is 20.1 Å². The Hall–Kier alpha value is -1.63. The van der Waals surface area contributed by atoms with Gasteiger partial charge in [-0.1, -0.05) is 6.92 Å². The molecule has 0 saturated heterocycles. The van der Waals surface area contributed by atoms with E-state index in [4.69, 9.17) is 5.73 Å². The fourth-order valence-electron chi connectivity index (χ4n) is 1.23. The van der Waals surface area contributed by atoms with E-state index in [9.17, 15) is 17.6 Å². The van der Waals surface area contributed by atoms with Gasteiger partial charge in [-0.3, -0.25) is 4.79 Å². The molecule has 5 nitrogen and oxygen atoms in total. The van der Waals surface area contributed by atoms with Crippen LogP contribution in [0.15, 0.2) is 18.2 Å². The highest BCUT2D eigenvalue weighted by Crippen LogP contribution is 2.11. The molecule has 0 aliphatic rings. The van der Waals surface area contributed by atoms with Gasteiger partial charge >= 0.3 is 0 Å². The summed E-state index contributed by atoms with van der Waals surface area (Å²) in [5.41, 5.74) is 5.13. The van der Waals surface area contributed by atoms with E-state index in [-0.39, 0.29) is 17.0 Å². The number of nitrogen functional groups attached to an aromatic ring is 1. The summed E-state index contributed by atoms with van der Waals surface area (Å²) in [4.78, 5) is 11.5. The summed E-state index contributed by atoms with van der Waals surface area (Å²) in [6.07, 6.45) is 0.368. The standard InChI is InChI=1S/C10H13FN2O3S/c1-2-5-17(15,16)13-10(14)8-4-3-7(12)6-9(8)11/h3-4,6H,2,5,12H2,1H3,(H,13,14). The van der Waals surface area contributed by atoms with Crippen LogP contribution in [0.3, 0.4) is 0 Å². The van der Waals surface area contributed by atoms with Gasteiger partial charge in [0.15, 0.2) is 0 Å². The Bertz CT molecular complexity index is 528. The monoisotopic (exact) mass is 260 g/mol. The van der Waals surface area contributed by atoms with E-state index in [1.165, 1.54) is 6.07 Å². The molecule has 0 atom stereocenters. The summed E-state index contributed by atoms with van der Waals surface area (Å²) in [6, 6.07) is 3.42. The first-order valence-electron chi connectivity index (χ1n) is 4.95. The number of amides is 1. The smallest absolute Gasteiger partial charge is 0.267 e. The maximum absolute atomic E-state index is 13.3. The summed E-state index contributed by atoms with van der Waals surface area (Å²) >= 11 is 0. The minimum absolute atomic E-state index is 0.162. The quantitative estimate of drug-likeness (QED) is 0.786. The number of halogens is 1. The van der Waals surface area contributed by atoms with Crippen LogP contribution in [0.1, 0.15) is 23.7 Å². The minimum atomic E-state index is -3.70. The third kappa shape index (κ3) is 3.70. The SMILES string of the molecule is CCCS(=O)(=O)NC(=O)c1ccc(N)cc1F. The number of anilines is 1. The average Bonchev–Trinajstić information content (AvgIpc) is 2.15. The molecule has 1 aromatic rings. The first kappa shape index (κ1) is 13.4. The molecule has 0 aliphatic heterocycles. The van der Waals surface area contributed by atoms with Gasteiger partial charge in [0.1, 0.15) is 5.82 Å². The van der Waals surface area contributed by atoms with Crippen LogP contribution in [0.4, 0.5) is 10.1 Å². The molecule has 0 heterocycles. The first-order valence-corrected chi connectivity index (χ1v) is 6.61. The molecule has 7 heteroatoms. The largest absolute Gasteiger partial charge is 0.399 e. The van der Waals surface area contributed by atoms with E-state index < -0.39 is 21.7 Å². The van der Waals surface area contributed by atoms with Gasteiger partial charge in [-0.2, -0.15) is 0 Å². The van der Waals surface area contributed by atoms with Crippen molar-refractivity contribution >= 4 is 21.6 Å². The Kier molecular flexibility index (Phi) is 4.06. The second kappa shape index (κ2) is 5.13.